The Morgan fingerprint density at radius 1 is 0.906 bits per heavy atom. The zero-order valence-corrected chi connectivity index (χ0v) is 18.7. The number of para-hydroxylation sites is 1. The number of allylic oxidation sites excluding steroid dienone is 2. The summed E-state index contributed by atoms with van der Waals surface area (Å²) in [6.45, 7) is 4.11. The maximum atomic E-state index is 13.2. The fourth-order valence-corrected chi connectivity index (χ4v) is 6.38. The van der Waals surface area contributed by atoms with Crippen molar-refractivity contribution in [3.63, 3.8) is 0 Å². The molecule has 0 saturated carbocycles. The molecule has 160 valence electrons. The number of carbonyl (C=O) groups is 2. The number of hydrogen-bond acceptors (Lipinski definition) is 5. The van der Waals surface area contributed by atoms with Gasteiger partial charge in [-0.2, -0.15) is 0 Å². The second-order valence-corrected chi connectivity index (χ2v) is 10.5. The Labute approximate surface area is 186 Å². The Hall–Kier alpha value is -3.51. The highest BCUT2D eigenvalue weighted by Crippen LogP contribution is 2.46. The lowest BCUT2D eigenvalue weighted by Gasteiger charge is -2.24. The number of carbonyl (C=O) groups excluding carboxylic acids is 2. The molecule has 0 unspecified atom stereocenters. The van der Waals surface area contributed by atoms with Gasteiger partial charge in [-0.05, 0) is 35.9 Å². The molecule has 0 fully saturated rings. The van der Waals surface area contributed by atoms with Crippen LogP contribution in [-0.2, 0) is 15.3 Å². The number of fused-ring (bicyclic) bond motifs is 3. The average Bonchev–Trinajstić information content (AvgIpc) is 2.98. The van der Waals surface area contributed by atoms with E-state index in [1.54, 1.807) is 18.2 Å². The second-order valence-electron chi connectivity index (χ2n) is 8.63. The molecule has 0 bridgehead atoms. The predicted molar refractivity (Wildman–Crippen MR) is 122 cm³/mol. The van der Waals surface area contributed by atoms with E-state index < -0.39 is 9.84 Å². The summed E-state index contributed by atoms with van der Waals surface area (Å²) in [6, 6.07) is 18.4. The maximum Gasteiger partial charge on any atom is 0.208 e. The summed E-state index contributed by atoms with van der Waals surface area (Å²) in [6.07, 6.45) is 1.56. The van der Waals surface area contributed by atoms with Gasteiger partial charge in [0.05, 0.1) is 9.79 Å². The lowest BCUT2D eigenvalue weighted by molar-refractivity contribution is 0.102. The lowest BCUT2D eigenvalue weighted by atomic mass is 9.83. The highest BCUT2D eigenvalue weighted by atomic mass is 32.2. The highest BCUT2D eigenvalue weighted by molar-refractivity contribution is 7.91. The van der Waals surface area contributed by atoms with E-state index in [-0.39, 0.29) is 43.5 Å². The van der Waals surface area contributed by atoms with Crippen molar-refractivity contribution in [1.29, 1.82) is 0 Å². The monoisotopic (exact) mass is 443 g/mol. The molecule has 3 aromatic carbocycles. The Bertz CT molecular complexity index is 1460. The van der Waals surface area contributed by atoms with Gasteiger partial charge in [0.1, 0.15) is 0 Å². The van der Waals surface area contributed by atoms with Gasteiger partial charge in [-0.25, -0.2) is 8.42 Å². The number of hydrogen-bond donors (Lipinski definition) is 0. The summed E-state index contributed by atoms with van der Waals surface area (Å²) in [5.41, 5.74) is 3.09. The third-order valence-electron chi connectivity index (χ3n) is 6.43. The molecule has 0 spiro atoms. The summed E-state index contributed by atoms with van der Waals surface area (Å²) >= 11 is 0. The van der Waals surface area contributed by atoms with Crippen molar-refractivity contribution >= 4 is 27.1 Å². The van der Waals surface area contributed by atoms with Gasteiger partial charge >= 0.3 is 0 Å². The van der Waals surface area contributed by atoms with Crippen molar-refractivity contribution in [2.45, 2.75) is 29.1 Å². The minimum Gasteiger partial charge on any atom is -0.347 e. The molecule has 0 N–H and O–H groups in total. The van der Waals surface area contributed by atoms with Crippen LogP contribution < -0.4 is 4.90 Å². The molecule has 0 aliphatic carbocycles. The van der Waals surface area contributed by atoms with E-state index in [1.165, 1.54) is 30.3 Å². The fourth-order valence-electron chi connectivity index (χ4n) is 4.70. The number of sulfone groups is 1. The molecule has 6 heteroatoms. The van der Waals surface area contributed by atoms with Crippen LogP contribution in [0.5, 0.6) is 0 Å². The fraction of sp³-hybridized carbons (Fsp3) is 0.154. The molecular formula is C26H21NO4S. The molecule has 0 radical (unpaired) electrons. The Morgan fingerprint density at radius 2 is 1.56 bits per heavy atom. The number of nitrogens with zero attached hydrogens (tertiary/aromatic N) is 1. The van der Waals surface area contributed by atoms with E-state index in [9.17, 15) is 18.0 Å². The first-order chi connectivity index (χ1) is 15.1. The topological polar surface area (TPSA) is 71.5 Å². The van der Waals surface area contributed by atoms with Gasteiger partial charge in [0.2, 0.25) is 9.84 Å². The third-order valence-corrected chi connectivity index (χ3v) is 8.28. The van der Waals surface area contributed by atoms with E-state index >= 15 is 0 Å². The van der Waals surface area contributed by atoms with Crippen LogP contribution in [0, 0.1) is 0 Å². The van der Waals surface area contributed by atoms with Crippen LogP contribution >= 0.6 is 0 Å². The van der Waals surface area contributed by atoms with E-state index in [1.807, 2.05) is 36.2 Å². The van der Waals surface area contributed by atoms with E-state index in [4.69, 9.17) is 0 Å². The van der Waals surface area contributed by atoms with Gasteiger partial charge < -0.3 is 4.90 Å². The van der Waals surface area contributed by atoms with Crippen molar-refractivity contribution in [3.8, 4) is 0 Å². The van der Waals surface area contributed by atoms with Crippen LogP contribution in [-0.4, -0.2) is 27.0 Å². The minimum atomic E-state index is -3.90. The molecule has 0 saturated heterocycles. The zero-order chi connectivity index (χ0) is 22.8. The van der Waals surface area contributed by atoms with Crippen molar-refractivity contribution in [2.24, 2.45) is 0 Å². The first-order valence-electron chi connectivity index (χ1n) is 10.3. The number of likely N-dealkylation sites (N-methyl/N-ethyl adjacent to an activating group) is 1. The first-order valence-corrected chi connectivity index (χ1v) is 11.7. The molecule has 2 aliphatic heterocycles. The predicted octanol–water partition coefficient (Wildman–Crippen LogP) is 4.56. The number of anilines is 1. The van der Waals surface area contributed by atoms with Gasteiger partial charge in [0, 0.05) is 46.6 Å². The van der Waals surface area contributed by atoms with Crippen molar-refractivity contribution in [3.05, 3.63) is 101 Å². The van der Waals surface area contributed by atoms with Gasteiger partial charge in [0.15, 0.2) is 11.6 Å². The summed E-state index contributed by atoms with van der Waals surface area (Å²) < 4.78 is 26.4. The van der Waals surface area contributed by atoms with E-state index in [0.717, 1.165) is 16.9 Å². The Balaban J connectivity index is 1.59. The van der Waals surface area contributed by atoms with E-state index in [0.29, 0.717) is 0 Å². The zero-order valence-electron chi connectivity index (χ0n) is 17.9. The summed E-state index contributed by atoms with van der Waals surface area (Å²) in [5, 5.41) is 0. The highest BCUT2D eigenvalue weighted by Gasteiger charge is 2.39. The number of rotatable bonds is 2. The van der Waals surface area contributed by atoms with Crippen molar-refractivity contribution in [1.82, 2.24) is 0 Å². The molecule has 5 rings (SSSR count). The van der Waals surface area contributed by atoms with Crippen LogP contribution in [0.3, 0.4) is 0 Å². The van der Waals surface area contributed by atoms with Gasteiger partial charge in [-0.3, -0.25) is 9.59 Å². The Morgan fingerprint density at radius 3 is 2.31 bits per heavy atom. The first kappa shape index (κ1) is 20.4. The van der Waals surface area contributed by atoms with Crippen LogP contribution in [0.4, 0.5) is 5.69 Å². The SMILES string of the molecule is CN1C(=CC(=O)c2ccc3c(c2)S(=O)(=O)c2ccccc2C3=O)C(C)(C)c2ccccc21. The standard InChI is InChI=1S/C26H21NO4S/c1-26(2)19-9-5-6-10-20(19)27(3)24(26)15-21(28)16-12-13-18-23(14-16)32(30,31)22-11-7-4-8-17(22)25(18)29/h4-15H,1-3H3. The van der Waals surface area contributed by atoms with Gasteiger partial charge in [0.25, 0.3) is 0 Å². The smallest absolute Gasteiger partial charge is 0.208 e. The van der Waals surface area contributed by atoms with Crippen LogP contribution in [0.2, 0.25) is 0 Å². The average molecular weight is 444 g/mol. The molecule has 32 heavy (non-hydrogen) atoms. The van der Waals surface area contributed by atoms with Crippen molar-refractivity contribution < 1.29 is 18.0 Å². The molecular weight excluding hydrogens is 422 g/mol. The summed E-state index contributed by atoms with van der Waals surface area (Å²) in [5.74, 6) is -0.660. The lowest BCUT2D eigenvalue weighted by Crippen LogP contribution is -2.24. The summed E-state index contributed by atoms with van der Waals surface area (Å²) in [7, 11) is -1.98. The largest absolute Gasteiger partial charge is 0.347 e. The van der Waals surface area contributed by atoms with E-state index in [2.05, 4.69) is 13.8 Å². The molecule has 0 atom stereocenters. The number of ketones is 2. The quantitative estimate of drug-likeness (QED) is 0.336. The Kier molecular flexibility index (Phi) is 4.30. The third kappa shape index (κ3) is 2.72. The maximum absolute atomic E-state index is 13.2. The van der Waals surface area contributed by atoms with Gasteiger partial charge in [-0.15, -0.1) is 0 Å². The van der Waals surface area contributed by atoms with Crippen LogP contribution in [0.1, 0.15) is 45.7 Å². The number of benzene rings is 3. The molecule has 0 amide bonds. The summed E-state index contributed by atoms with van der Waals surface area (Å²) in [4.78, 5) is 27.9. The molecule has 3 aromatic rings. The van der Waals surface area contributed by atoms with Gasteiger partial charge in [-0.1, -0.05) is 50.2 Å². The molecule has 0 aromatic heterocycles. The molecule has 2 heterocycles. The van der Waals surface area contributed by atoms with Crippen LogP contribution in [0.25, 0.3) is 0 Å². The normalized spacial score (nSPS) is 18.8. The minimum absolute atomic E-state index is 0.0208. The molecule has 2 aliphatic rings. The second kappa shape index (κ2) is 6.74. The van der Waals surface area contributed by atoms with Crippen LogP contribution in [0.15, 0.2) is 88.3 Å². The molecule has 5 nitrogen and oxygen atoms in total. The van der Waals surface area contributed by atoms with Crippen molar-refractivity contribution in [2.75, 3.05) is 11.9 Å².